The third-order valence-corrected chi connectivity index (χ3v) is 4.60. The van der Waals surface area contributed by atoms with Crippen molar-refractivity contribution in [3.05, 3.63) is 30.0 Å². The van der Waals surface area contributed by atoms with Crippen molar-refractivity contribution in [2.45, 2.75) is 72.4 Å². The predicted octanol–water partition coefficient (Wildman–Crippen LogP) is 6.80. The average molecular weight is 481 g/mol. The summed E-state index contributed by atoms with van der Waals surface area (Å²) in [4.78, 5) is 18.3. The topological polar surface area (TPSA) is 68.2 Å². The number of unbranched alkanes of at least 4 members (excludes halogenated alkanes) is 5. The lowest BCUT2D eigenvalue weighted by Crippen LogP contribution is -2.20. The van der Waals surface area contributed by atoms with Gasteiger partial charge in [0.1, 0.15) is 11.6 Å². The van der Waals surface area contributed by atoms with E-state index >= 15 is 0 Å². The van der Waals surface area contributed by atoms with Gasteiger partial charge in [-0.2, -0.15) is 22.5 Å². The molecule has 0 saturated carbocycles. The molecule has 0 aliphatic carbocycles. The molecule has 0 radical (unpaired) electrons. The molecule has 0 aliphatic heterocycles. The van der Waals surface area contributed by atoms with Crippen molar-refractivity contribution in [3.8, 4) is 0 Å². The molecule has 0 N–H and O–H groups in total. The lowest BCUT2D eigenvalue weighted by molar-refractivity contribution is -0.144. The van der Waals surface area contributed by atoms with Crippen LogP contribution in [0.25, 0.3) is 0 Å². The lowest BCUT2D eigenvalue weighted by atomic mass is 10.1. The van der Waals surface area contributed by atoms with Crippen molar-refractivity contribution in [1.82, 2.24) is 14.3 Å². The Bertz CT molecular complexity index is 727. The number of rotatable bonds is 11. The number of ether oxygens (including phenoxy) is 1. The minimum Gasteiger partial charge on any atom is -0.468 e. The Morgan fingerprint density at radius 2 is 1.75 bits per heavy atom. The molecule has 0 bridgehead atoms. The zero-order valence-electron chi connectivity index (χ0n) is 19.0. The van der Waals surface area contributed by atoms with Gasteiger partial charge in [0.15, 0.2) is 0 Å². The smallest absolute Gasteiger partial charge is 0.452 e. The van der Waals surface area contributed by atoms with Crippen molar-refractivity contribution in [3.63, 3.8) is 0 Å². The fraction of sp³-hybridized carbons (Fsp3) is 0.619. The molecule has 0 fully saturated rings. The standard InChI is InChI=1S/C16H20F4N4S.C3H6O2.C2H6/c1-2-3-4-5-6-7-10-24(13-9-8-12(17)11-21-13)15-22-14(23-25-15)16(18,19)20;1-2-5-3-4;1-2/h8-9,11H,2-7,10H2,1H3;3H,2H2,1H3;1-2H3. The molecule has 2 aromatic heterocycles. The van der Waals surface area contributed by atoms with E-state index in [1.54, 1.807) is 11.8 Å². The maximum absolute atomic E-state index is 13.1. The summed E-state index contributed by atoms with van der Waals surface area (Å²) in [6.07, 6.45) is 2.73. The number of anilines is 2. The van der Waals surface area contributed by atoms with Gasteiger partial charge in [-0.05, 0) is 25.5 Å². The monoisotopic (exact) mass is 480 g/mol. The van der Waals surface area contributed by atoms with E-state index in [0.717, 1.165) is 38.3 Å². The number of carbonyl (C=O) groups is 1. The van der Waals surface area contributed by atoms with Gasteiger partial charge >= 0.3 is 6.18 Å². The number of aromatic nitrogens is 3. The van der Waals surface area contributed by atoms with E-state index in [0.29, 0.717) is 37.0 Å². The van der Waals surface area contributed by atoms with Gasteiger partial charge < -0.3 is 9.64 Å². The van der Waals surface area contributed by atoms with Crippen LogP contribution in [0, 0.1) is 5.82 Å². The van der Waals surface area contributed by atoms with Gasteiger partial charge in [0.05, 0.1) is 12.8 Å². The molecule has 0 unspecified atom stereocenters. The zero-order valence-corrected chi connectivity index (χ0v) is 19.8. The molecule has 182 valence electrons. The van der Waals surface area contributed by atoms with Gasteiger partial charge in [-0.3, -0.25) is 4.79 Å². The minimum absolute atomic E-state index is 0.111. The lowest BCUT2D eigenvalue weighted by Gasteiger charge is -2.20. The highest BCUT2D eigenvalue weighted by Gasteiger charge is 2.36. The quantitative estimate of drug-likeness (QED) is 0.200. The molecular weight excluding hydrogens is 448 g/mol. The number of alkyl halides is 3. The van der Waals surface area contributed by atoms with Crippen LogP contribution in [0.2, 0.25) is 0 Å². The number of hydrogen-bond donors (Lipinski definition) is 0. The fourth-order valence-electron chi connectivity index (χ4n) is 2.39. The van der Waals surface area contributed by atoms with Crippen LogP contribution >= 0.6 is 11.5 Å². The summed E-state index contributed by atoms with van der Waals surface area (Å²) in [6, 6.07) is 2.66. The summed E-state index contributed by atoms with van der Waals surface area (Å²) >= 11 is 0.667. The molecule has 0 aromatic carbocycles. The van der Waals surface area contributed by atoms with Gasteiger partial charge in [0, 0.05) is 18.1 Å². The van der Waals surface area contributed by atoms with E-state index in [2.05, 4.69) is 26.0 Å². The second-order valence-corrected chi connectivity index (χ2v) is 6.93. The van der Waals surface area contributed by atoms with Crippen LogP contribution in [-0.4, -0.2) is 34.0 Å². The normalized spacial score (nSPS) is 10.4. The van der Waals surface area contributed by atoms with Crippen molar-refractivity contribution in [1.29, 1.82) is 0 Å². The summed E-state index contributed by atoms with van der Waals surface area (Å²) in [5.41, 5.74) is 0. The molecule has 0 amide bonds. The Morgan fingerprint density at radius 3 is 2.22 bits per heavy atom. The Hall–Kier alpha value is -2.30. The Kier molecular flexibility index (Phi) is 16.0. The molecule has 6 nitrogen and oxygen atoms in total. The van der Waals surface area contributed by atoms with Crippen molar-refractivity contribution < 1.29 is 27.1 Å². The Labute approximate surface area is 191 Å². The summed E-state index contributed by atoms with van der Waals surface area (Å²) in [7, 11) is 0. The van der Waals surface area contributed by atoms with E-state index in [1.165, 1.54) is 18.6 Å². The van der Waals surface area contributed by atoms with E-state index in [1.807, 2.05) is 13.8 Å². The van der Waals surface area contributed by atoms with Gasteiger partial charge in [0.2, 0.25) is 11.0 Å². The molecule has 2 heterocycles. The molecule has 0 saturated heterocycles. The molecule has 32 heavy (non-hydrogen) atoms. The number of nitrogens with zero attached hydrogens (tertiary/aromatic N) is 4. The first-order valence-corrected chi connectivity index (χ1v) is 11.5. The number of pyridine rings is 1. The van der Waals surface area contributed by atoms with E-state index in [9.17, 15) is 22.4 Å². The molecule has 2 aromatic rings. The second kappa shape index (κ2) is 17.3. The van der Waals surface area contributed by atoms with Crippen LogP contribution in [-0.2, 0) is 15.7 Å². The predicted molar refractivity (Wildman–Crippen MR) is 119 cm³/mol. The van der Waals surface area contributed by atoms with Crippen LogP contribution in [0.15, 0.2) is 18.3 Å². The molecule has 0 atom stereocenters. The third kappa shape index (κ3) is 11.9. The minimum atomic E-state index is -4.59. The highest BCUT2D eigenvalue weighted by molar-refractivity contribution is 7.09. The average Bonchev–Trinajstić information content (AvgIpc) is 3.27. The second-order valence-electron chi connectivity index (χ2n) is 6.20. The number of carbonyl (C=O) groups excluding carboxylic acids is 1. The summed E-state index contributed by atoms with van der Waals surface area (Å²) in [6.45, 7) is 9.25. The van der Waals surface area contributed by atoms with E-state index in [-0.39, 0.29) is 5.13 Å². The first-order chi connectivity index (χ1) is 15.3. The Morgan fingerprint density at radius 1 is 1.09 bits per heavy atom. The SMILES string of the molecule is CC.CCCCCCCCN(c1ccc(F)cn1)c1nc(C(F)(F)F)ns1.CCOC=O. The Balaban J connectivity index is 0.00000121. The van der Waals surface area contributed by atoms with E-state index in [4.69, 9.17) is 0 Å². The summed E-state index contributed by atoms with van der Waals surface area (Å²) in [5, 5.41) is 0.111. The molecule has 0 spiro atoms. The first-order valence-electron chi connectivity index (χ1n) is 10.7. The maximum atomic E-state index is 13.1. The molecule has 0 aliphatic rings. The van der Waals surface area contributed by atoms with Crippen LogP contribution in [0.3, 0.4) is 0 Å². The third-order valence-electron chi connectivity index (χ3n) is 3.86. The zero-order chi connectivity index (χ0) is 24.4. The van der Waals surface area contributed by atoms with Crippen LogP contribution in [0.5, 0.6) is 0 Å². The largest absolute Gasteiger partial charge is 0.468 e. The van der Waals surface area contributed by atoms with Gasteiger partial charge in [0.25, 0.3) is 6.47 Å². The molecular formula is C21H32F4N4O2S. The van der Waals surface area contributed by atoms with Gasteiger partial charge in [-0.25, -0.2) is 9.37 Å². The first kappa shape index (κ1) is 29.7. The molecule has 2 rings (SSSR count). The van der Waals surface area contributed by atoms with Crippen LogP contribution in [0.4, 0.5) is 28.5 Å². The van der Waals surface area contributed by atoms with E-state index < -0.39 is 17.8 Å². The maximum Gasteiger partial charge on any atom is 0.452 e. The molecule has 11 heteroatoms. The fourth-order valence-corrected chi connectivity index (χ4v) is 3.12. The van der Waals surface area contributed by atoms with Gasteiger partial charge in [-0.1, -0.05) is 52.9 Å². The van der Waals surface area contributed by atoms with Crippen LogP contribution < -0.4 is 4.90 Å². The van der Waals surface area contributed by atoms with Crippen molar-refractivity contribution >= 4 is 29.0 Å². The van der Waals surface area contributed by atoms with Gasteiger partial charge in [-0.15, -0.1) is 0 Å². The summed E-state index contributed by atoms with van der Waals surface area (Å²) in [5.74, 6) is -1.31. The van der Waals surface area contributed by atoms with Crippen molar-refractivity contribution in [2.75, 3.05) is 18.1 Å². The number of halogens is 4. The number of hydrogen-bond acceptors (Lipinski definition) is 7. The van der Waals surface area contributed by atoms with Crippen molar-refractivity contribution in [2.24, 2.45) is 0 Å². The summed E-state index contributed by atoms with van der Waals surface area (Å²) < 4.78 is 58.8. The highest BCUT2D eigenvalue weighted by atomic mass is 32.1. The highest BCUT2D eigenvalue weighted by Crippen LogP contribution is 2.32. The van der Waals surface area contributed by atoms with Crippen LogP contribution in [0.1, 0.15) is 72.0 Å².